The summed E-state index contributed by atoms with van der Waals surface area (Å²) in [7, 11) is 0. The number of aromatic nitrogens is 2. The number of nitrogens with one attached hydrogen (secondary N) is 1. The predicted octanol–water partition coefficient (Wildman–Crippen LogP) is 1.01. The highest BCUT2D eigenvalue weighted by molar-refractivity contribution is 5.96. The Labute approximate surface area is 98.4 Å². The van der Waals surface area contributed by atoms with Crippen molar-refractivity contribution in [2.24, 2.45) is 0 Å². The maximum Gasteiger partial charge on any atom is 0.274 e. The van der Waals surface area contributed by atoms with E-state index in [1.165, 1.54) is 0 Å². The van der Waals surface area contributed by atoms with Crippen molar-refractivity contribution in [3.8, 4) is 0 Å². The zero-order valence-corrected chi connectivity index (χ0v) is 9.51. The van der Waals surface area contributed by atoms with E-state index in [-0.39, 0.29) is 11.6 Å². The van der Waals surface area contributed by atoms with Crippen LogP contribution in [0, 0.1) is 0 Å². The summed E-state index contributed by atoms with van der Waals surface area (Å²) in [6.45, 7) is 2.93. The van der Waals surface area contributed by atoms with E-state index in [0.29, 0.717) is 24.5 Å². The number of nitrogen functional groups attached to an aromatic ring is 1. The third kappa shape index (κ3) is 2.47. The van der Waals surface area contributed by atoms with Crippen LogP contribution in [0.5, 0.6) is 0 Å². The summed E-state index contributed by atoms with van der Waals surface area (Å²) < 4.78 is 6.73. The normalized spacial score (nSPS) is 10.4. The Kier molecular flexibility index (Phi) is 3.13. The van der Waals surface area contributed by atoms with Gasteiger partial charge < -0.3 is 15.5 Å². The van der Waals surface area contributed by atoms with Gasteiger partial charge in [0.05, 0.1) is 18.5 Å². The number of nitrogens with zero attached hydrogens (tertiary/aromatic N) is 2. The number of nitrogens with two attached hydrogens (primary N) is 1. The summed E-state index contributed by atoms with van der Waals surface area (Å²) in [4.78, 5) is 11.8. The monoisotopic (exact) mass is 234 g/mol. The third-order valence-electron chi connectivity index (χ3n) is 2.33. The molecule has 0 aliphatic heterocycles. The summed E-state index contributed by atoms with van der Waals surface area (Å²) in [5, 5.41) is 6.77. The van der Waals surface area contributed by atoms with E-state index in [9.17, 15) is 4.79 Å². The average Bonchev–Trinajstić information content (AvgIpc) is 2.94. The molecule has 2 rings (SSSR count). The summed E-state index contributed by atoms with van der Waals surface area (Å²) >= 11 is 0. The topological polar surface area (TPSA) is 86.1 Å². The zero-order valence-electron chi connectivity index (χ0n) is 9.51. The van der Waals surface area contributed by atoms with Crippen LogP contribution in [-0.2, 0) is 13.1 Å². The molecule has 0 aromatic carbocycles. The molecule has 0 unspecified atom stereocenters. The lowest BCUT2D eigenvalue weighted by Crippen LogP contribution is -2.24. The highest BCUT2D eigenvalue weighted by atomic mass is 16.3. The first-order valence-corrected chi connectivity index (χ1v) is 5.34. The Morgan fingerprint density at radius 1 is 1.65 bits per heavy atom. The lowest BCUT2D eigenvalue weighted by atomic mass is 10.3. The summed E-state index contributed by atoms with van der Waals surface area (Å²) in [5.74, 6) is 0.387. The number of amides is 1. The summed E-state index contributed by atoms with van der Waals surface area (Å²) in [6.07, 6.45) is 3.20. The smallest absolute Gasteiger partial charge is 0.274 e. The first kappa shape index (κ1) is 11.3. The van der Waals surface area contributed by atoms with Crippen molar-refractivity contribution >= 4 is 11.6 Å². The van der Waals surface area contributed by atoms with Gasteiger partial charge in [-0.1, -0.05) is 0 Å². The van der Waals surface area contributed by atoms with E-state index in [4.69, 9.17) is 10.2 Å². The van der Waals surface area contributed by atoms with E-state index in [1.54, 1.807) is 29.3 Å². The SMILES string of the molecule is CCn1cc(N)c(C(=O)NCc2ccco2)n1. The van der Waals surface area contributed by atoms with Gasteiger partial charge in [0.15, 0.2) is 5.69 Å². The highest BCUT2D eigenvalue weighted by Crippen LogP contribution is 2.09. The van der Waals surface area contributed by atoms with Crippen molar-refractivity contribution in [2.75, 3.05) is 5.73 Å². The zero-order chi connectivity index (χ0) is 12.3. The van der Waals surface area contributed by atoms with Gasteiger partial charge in [-0.3, -0.25) is 9.48 Å². The number of anilines is 1. The molecule has 0 radical (unpaired) electrons. The number of carbonyl (C=O) groups excluding carboxylic acids is 1. The third-order valence-corrected chi connectivity index (χ3v) is 2.33. The van der Waals surface area contributed by atoms with Crippen LogP contribution in [-0.4, -0.2) is 15.7 Å². The minimum Gasteiger partial charge on any atom is -0.467 e. The fourth-order valence-electron chi connectivity index (χ4n) is 1.44. The predicted molar refractivity (Wildman–Crippen MR) is 62.2 cm³/mol. The summed E-state index contributed by atoms with van der Waals surface area (Å²) in [6, 6.07) is 3.55. The van der Waals surface area contributed by atoms with E-state index in [0.717, 1.165) is 0 Å². The van der Waals surface area contributed by atoms with Crippen molar-refractivity contribution < 1.29 is 9.21 Å². The number of rotatable bonds is 4. The number of hydrogen-bond donors (Lipinski definition) is 2. The highest BCUT2D eigenvalue weighted by Gasteiger charge is 2.14. The van der Waals surface area contributed by atoms with E-state index >= 15 is 0 Å². The van der Waals surface area contributed by atoms with E-state index < -0.39 is 0 Å². The van der Waals surface area contributed by atoms with Crippen molar-refractivity contribution in [3.05, 3.63) is 36.0 Å². The summed E-state index contributed by atoms with van der Waals surface area (Å²) in [5.41, 5.74) is 6.33. The van der Waals surface area contributed by atoms with Gasteiger partial charge in [0.25, 0.3) is 5.91 Å². The second-order valence-corrected chi connectivity index (χ2v) is 3.55. The van der Waals surface area contributed by atoms with Gasteiger partial charge in [-0.05, 0) is 19.1 Å². The maximum absolute atomic E-state index is 11.8. The standard InChI is InChI=1S/C11H14N4O2/c1-2-15-7-9(12)10(14-15)11(16)13-6-8-4-3-5-17-8/h3-5,7H,2,6,12H2,1H3,(H,13,16). The molecule has 6 heteroatoms. The molecule has 0 saturated heterocycles. The molecule has 0 bridgehead atoms. The Morgan fingerprint density at radius 2 is 2.47 bits per heavy atom. The molecular formula is C11H14N4O2. The Balaban J connectivity index is 2.01. The first-order valence-electron chi connectivity index (χ1n) is 5.34. The molecule has 2 aromatic rings. The Morgan fingerprint density at radius 3 is 3.06 bits per heavy atom. The second kappa shape index (κ2) is 4.73. The van der Waals surface area contributed by atoms with Gasteiger partial charge in [-0.2, -0.15) is 5.10 Å². The van der Waals surface area contributed by atoms with Gasteiger partial charge in [-0.15, -0.1) is 0 Å². The van der Waals surface area contributed by atoms with Crippen LogP contribution in [0.2, 0.25) is 0 Å². The minimum atomic E-state index is -0.300. The van der Waals surface area contributed by atoms with Crippen molar-refractivity contribution in [3.63, 3.8) is 0 Å². The molecule has 2 aromatic heterocycles. The molecule has 2 heterocycles. The lowest BCUT2D eigenvalue weighted by Gasteiger charge is -2.00. The lowest BCUT2D eigenvalue weighted by molar-refractivity contribution is 0.0943. The molecular weight excluding hydrogens is 220 g/mol. The molecule has 1 amide bonds. The fraction of sp³-hybridized carbons (Fsp3) is 0.273. The van der Waals surface area contributed by atoms with Crippen LogP contribution in [0.15, 0.2) is 29.0 Å². The fourth-order valence-corrected chi connectivity index (χ4v) is 1.44. The van der Waals surface area contributed by atoms with Crippen molar-refractivity contribution in [1.82, 2.24) is 15.1 Å². The van der Waals surface area contributed by atoms with Gasteiger partial charge in [0.1, 0.15) is 5.76 Å². The van der Waals surface area contributed by atoms with Gasteiger partial charge in [0, 0.05) is 12.7 Å². The van der Waals surface area contributed by atoms with Crippen molar-refractivity contribution in [2.45, 2.75) is 20.0 Å². The molecule has 17 heavy (non-hydrogen) atoms. The number of carbonyl (C=O) groups is 1. The second-order valence-electron chi connectivity index (χ2n) is 3.55. The van der Waals surface area contributed by atoms with Crippen LogP contribution in [0.25, 0.3) is 0 Å². The van der Waals surface area contributed by atoms with Crippen LogP contribution >= 0.6 is 0 Å². The Hall–Kier alpha value is -2.24. The number of aryl methyl sites for hydroxylation is 1. The van der Waals surface area contributed by atoms with Crippen molar-refractivity contribution in [1.29, 1.82) is 0 Å². The van der Waals surface area contributed by atoms with Crippen LogP contribution in [0.3, 0.4) is 0 Å². The van der Waals surface area contributed by atoms with Crippen LogP contribution in [0.4, 0.5) is 5.69 Å². The number of furan rings is 1. The Bertz CT molecular complexity index is 502. The maximum atomic E-state index is 11.8. The first-order chi connectivity index (χ1) is 8.20. The minimum absolute atomic E-state index is 0.249. The quantitative estimate of drug-likeness (QED) is 0.826. The molecule has 0 spiro atoms. The average molecular weight is 234 g/mol. The molecule has 0 aliphatic carbocycles. The largest absolute Gasteiger partial charge is 0.467 e. The van der Waals surface area contributed by atoms with E-state index in [1.807, 2.05) is 6.92 Å². The molecule has 6 nitrogen and oxygen atoms in total. The molecule has 0 saturated carbocycles. The molecule has 0 atom stereocenters. The van der Waals surface area contributed by atoms with Gasteiger partial charge >= 0.3 is 0 Å². The molecule has 0 aliphatic rings. The van der Waals surface area contributed by atoms with Gasteiger partial charge in [0.2, 0.25) is 0 Å². The molecule has 0 fully saturated rings. The molecule has 3 N–H and O–H groups in total. The van der Waals surface area contributed by atoms with Gasteiger partial charge in [-0.25, -0.2) is 0 Å². The van der Waals surface area contributed by atoms with Crippen LogP contribution in [0.1, 0.15) is 23.2 Å². The van der Waals surface area contributed by atoms with E-state index in [2.05, 4.69) is 10.4 Å². The molecule has 90 valence electrons. The number of hydrogen-bond acceptors (Lipinski definition) is 4. The van der Waals surface area contributed by atoms with Crippen LogP contribution < -0.4 is 11.1 Å².